The normalized spacial score (nSPS) is 10.7. The fourth-order valence-electron chi connectivity index (χ4n) is 1.91. The molecule has 0 radical (unpaired) electrons. The van der Waals surface area contributed by atoms with Crippen molar-refractivity contribution in [2.24, 2.45) is 0 Å². The minimum Gasteiger partial charge on any atom is -0.493 e. The Labute approximate surface area is 118 Å². The number of aromatic nitrogens is 1. The van der Waals surface area contributed by atoms with Gasteiger partial charge in [0.05, 0.1) is 17.3 Å². The van der Waals surface area contributed by atoms with E-state index < -0.39 is 0 Å². The largest absolute Gasteiger partial charge is 0.493 e. The maximum absolute atomic E-state index is 5.69. The molecular formula is C15H20N2OS. The molecule has 0 atom stereocenters. The van der Waals surface area contributed by atoms with Crippen LogP contribution in [-0.4, -0.2) is 25.2 Å². The molecule has 0 bridgehead atoms. The van der Waals surface area contributed by atoms with Gasteiger partial charge in [0.15, 0.2) is 0 Å². The number of benzene rings is 1. The number of nitrogens with one attached hydrogen (secondary N) is 1. The van der Waals surface area contributed by atoms with E-state index >= 15 is 0 Å². The van der Waals surface area contributed by atoms with Gasteiger partial charge in [0.25, 0.3) is 0 Å². The molecule has 0 amide bonds. The zero-order valence-electron chi connectivity index (χ0n) is 11.7. The molecule has 0 unspecified atom stereocenters. The van der Waals surface area contributed by atoms with Gasteiger partial charge in [0.2, 0.25) is 0 Å². The lowest BCUT2D eigenvalue weighted by molar-refractivity contribution is 0.341. The standard InChI is InChI=1S/C15H20N2OS/c1-4-18-14-6-5-11(2)9-12(14)13-10-19-15(17-13)7-8-16-3/h5-6,9-10,16H,4,7-8H2,1-3H3. The van der Waals surface area contributed by atoms with E-state index in [0.717, 1.165) is 35.0 Å². The Kier molecular flexibility index (Phi) is 4.93. The molecule has 0 saturated heterocycles. The molecule has 1 N–H and O–H groups in total. The molecule has 0 saturated carbocycles. The maximum atomic E-state index is 5.69. The van der Waals surface area contributed by atoms with E-state index in [1.807, 2.05) is 20.0 Å². The van der Waals surface area contributed by atoms with Crippen LogP contribution in [0, 0.1) is 6.92 Å². The van der Waals surface area contributed by atoms with Crippen LogP contribution in [-0.2, 0) is 6.42 Å². The first-order chi connectivity index (χ1) is 9.24. The van der Waals surface area contributed by atoms with Crippen LogP contribution in [0.25, 0.3) is 11.3 Å². The van der Waals surface area contributed by atoms with Gasteiger partial charge < -0.3 is 10.1 Å². The average molecular weight is 276 g/mol. The number of rotatable bonds is 6. The summed E-state index contributed by atoms with van der Waals surface area (Å²) >= 11 is 1.71. The first-order valence-electron chi connectivity index (χ1n) is 6.57. The van der Waals surface area contributed by atoms with E-state index in [-0.39, 0.29) is 0 Å². The zero-order chi connectivity index (χ0) is 13.7. The molecule has 3 nitrogen and oxygen atoms in total. The van der Waals surface area contributed by atoms with Gasteiger partial charge in [-0.3, -0.25) is 0 Å². The van der Waals surface area contributed by atoms with E-state index in [2.05, 4.69) is 29.8 Å². The lowest BCUT2D eigenvalue weighted by Gasteiger charge is -2.09. The van der Waals surface area contributed by atoms with Crippen molar-refractivity contribution in [2.45, 2.75) is 20.3 Å². The van der Waals surface area contributed by atoms with Crippen LogP contribution in [0.4, 0.5) is 0 Å². The molecule has 1 aromatic carbocycles. The van der Waals surface area contributed by atoms with Crippen LogP contribution in [0.5, 0.6) is 5.75 Å². The molecule has 102 valence electrons. The number of hydrogen-bond donors (Lipinski definition) is 1. The van der Waals surface area contributed by atoms with Crippen LogP contribution < -0.4 is 10.1 Å². The van der Waals surface area contributed by atoms with Gasteiger partial charge in [0.1, 0.15) is 5.75 Å². The zero-order valence-corrected chi connectivity index (χ0v) is 12.5. The molecule has 4 heteroatoms. The first kappa shape index (κ1) is 14.0. The Balaban J connectivity index is 2.29. The Morgan fingerprint density at radius 2 is 2.21 bits per heavy atom. The van der Waals surface area contributed by atoms with Crippen LogP contribution in [0.3, 0.4) is 0 Å². The summed E-state index contributed by atoms with van der Waals surface area (Å²) in [6, 6.07) is 6.24. The molecule has 0 aliphatic heterocycles. The van der Waals surface area contributed by atoms with Gasteiger partial charge in [0, 0.05) is 23.9 Å². The molecule has 0 aliphatic rings. The molecule has 0 spiro atoms. The molecule has 0 aliphatic carbocycles. The molecular weight excluding hydrogens is 256 g/mol. The van der Waals surface area contributed by atoms with Gasteiger partial charge in [-0.2, -0.15) is 0 Å². The summed E-state index contributed by atoms with van der Waals surface area (Å²) < 4.78 is 5.69. The van der Waals surface area contributed by atoms with Gasteiger partial charge in [-0.05, 0) is 33.0 Å². The van der Waals surface area contributed by atoms with E-state index in [0.29, 0.717) is 6.61 Å². The highest BCUT2D eigenvalue weighted by atomic mass is 32.1. The number of ether oxygens (including phenoxy) is 1. The summed E-state index contributed by atoms with van der Waals surface area (Å²) in [6.07, 6.45) is 0.969. The second-order valence-corrected chi connectivity index (χ2v) is 5.36. The van der Waals surface area contributed by atoms with Crippen molar-refractivity contribution < 1.29 is 4.74 Å². The van der Waals surface area contributed by atoms with Crippen LogP contribution in [0.2, 0.25) is 0 Å². The SMILES string of the molecule is CCOc1ccc(C)cc1-c1csc(CCNC)n1. The third kappa shape index (κ3) is 3.55. The predicted octanol–water partition coefficient (Wildman–Crippen LogP) is 3.28. The van der Waals surface area contributed by atoms with E-state index in [9.17, 15) is 0 Å². The average Bonchev–Trinajstić information content (AvgIpc) is 2.87. The van der Waals surface area contributed by atoms with Crippen molar-refractivity contribution in [3.05, 3.63) is 34.2 Å². The minimum atomic E-state index is 0.673. The van der Waals surface area contributed by atoms with Crippen molar-refractivity contribution in [1.29, 1.82) is 0 Å². The predicted molar refractivity (Wildman–Crippen MR) is 81.1 cm³/mol. The quantitative estimate of drug-likeness (QED) is 0.879. The van der Waals surface area contributed by atoms with E-state index in [1.165, 1.54) is 5.56 Å². The van der Waals surface area contributed by atoms with Crippen molar-refractivity contribution >= 4 is 11.3 Å². The Morgan fingerprint density at radius 1 is 1.37 bits per heavy atom. The van der Waals surface area contributed by atoms with Crippen molar-refractivity contribution in [1.82, 2.24) is 10.3 Å². The summed E-state index contributed by atoms with van der Waals surface area (Å²) in [5.41, 5.74) is 3.33. The number of thiazole rings is 1. The van der Waals surface area contributed by atoms with E-state index in [4.69, 9.17) is 9.72 Å². The van der Waals surface area contributed by atoms with E-state index in [1.54, 1.807) is 11.3 Å². The Morgan fingerprint density at radius 3 is 2.95 bits per heavy atom. The number of likely N-dealkylation sites (N-methyl/N-ethyl adjacent to an activating group) is 1. The van der Waals surface area contributed by atoms with Crippen molar-refractivity contribution in [3.63, 3.8) is 0 Å². The summed E-state index contributed by atoms with van der Waals surface area (Å²) in [5.74, 6) is 0.915. The molecule has 2 rings (SSSR count). The molecule has 1 heterocycles. The number of hydrogen-bond acceptors (Lipinski definition) is 4. The molecule has 2 aromatic rings. The van der Waals surface area contributed by atoms with Crippen LogP contribution >= 0.6 is 11.3 Å². The summed E-state index contributed by atoms with van der Waals surface area (Å²) in [4.78, 5) is 4.70. The Hall–Kier alpha value is -1.39. The summed E-state index contributed by atoms with van der Waals surface area (Å²) in [5, 5.41) is 6.42. The fourth-order valence-corrected chi connectivity index (χ4v) is 2.71. The third-order valence-electron chi connectivity index (χ3n) is 2.85. The monoisotopic (exact) mass is 276 g/mol. The van der Waals surface area contributed by atoms with Crippen molar-refractivity contribution in [3.8, 4) is 17.0 Å². The van der Waals surface area contributed by atoms with Crippen LogP contribution in [0.1, 0.15) is 17.5 Å². The second-order valence-electron chi connectivity index (χ2n) is 4.41. The van der Waals surface area contributed by atoms with Gasteiger partial charge in [-0.15, -0.1) is 11.3 Å². The smallest absolute Gasteiger partial charge is 0.128 e. The molecule has 19 heavy (non-hydrogen) atoms. The summed E-state index contributed by atoms with van der Waals surface area (Å²) in [6.45, 7) is 5.72. The topological polar surface area (TPSA) is 34.1 Å². The third-order valence-corrected chi connectivity index (χ3v) is 3.76. The van der Waals surface area contributed by atoms with Gasteiger partial charge in [-0.25, -0.2) is 4.98 Å². The maximum Gasteiger partial charge on any atom is 0.128 e. The Bertz CT molecular complexity index is 537. The number of nitrogens with zero attached hydrogens (tertiary/aromatic N) is 1. The second kappa shape index (κ2) is 6.68. The number of aryl methyl sites for hydroxylation is 1. The lowest BCUT2D eigenvalue weighted by Crippen LogP contribution is -2.09. The minimum absolute atomic E-state index is 0.673. The fraction of sp³-hybridized carbons (Fsp3) is 0.400. The highest BCUT2D eigenvalue weighted by molar-refractivity contribution is 7.09. The summed E-state index contributed by atoms with van der Waals surface area (Å²) in [7, 11) is 1.96. The highest BCUT2D eigenvalue weighted by Gasteiger charge is 2.10. The molecule has 0 fully saturated rings. The first-order valence-corrected chi connectivity index (χ1v) is 7.45. The van der Waals surface area contributed by atoms with Crippen LogP contribution in [0.15, 0.2) is 23.6 Å². The van der Waals surface area contributed by atoms with Gasteiger partial charge >= 0.3 is 0 Å². The molecule has 1 aromatic heterocycles. The highest BCUT2D eigenvalue weighted by Crippen LogP contribution is 2.31. The lowest BCUT2D eigenvalue weighted by atomic mass is 10.1. The van der Waals surface area contributed by atoms with Crippen molar-refractivity contribution in [2.75, 3.05) is 20.2 Å². The van der Waals surface area contributed by atoms with Gasteiger partial charge in [-0.1, -0.05) is 11.6 Å².